The molecule has 0 saturated heterocycles. The van der Waals surface area contributed by atoms with Gasteiger partial charge in [0.2, 0.25) is 5.69 Å². The van der Waals surface area contributed by atoms with Crippen LogP contribution in [0.15, 0.2) is 65.4 Å². The van der Waals surface area contributed by atoms with E-state index < -0.39 is 16.9 Å². The molecule has 2 atom stereocenters. The summed E-state index contributed by atoms with van der Waals surface area (Å²) in [4.78, 5) is 24.9. The van der Waals surface area contributed by atoms with Gasteiger partial charge in [0.1, 0.15) is 6.20 Å². The van der Waals surface area contributed by atoms with E-state index in [0.29, 0.717) is 16.6 Å². The Morgan fingerprint density at radius 2 is 1.81 bits per heavy atom. The summed E-state index contributed by atoms with van der Waals surface area (Å²) >= 11 is 12.2. The standard InChI is InChI=1S/C26H23Cl2N5O3/c1-2-31-15-22(33(35)36)24(29-31)26(34)32-25(17-8-12-20(28)13-9-17)21-5-3-4-18(23(21)30-32)14-16-6-10-19(27)11-7-16/h6-15,21,25H,2-5H2,1H3/b18-14-/t21-,25-/m0/s1. The van der Waals surface area contributed by atoms with Crippen molar-refractivity contribution in [3.63, 3.8) is 0 Å². The minimum atomic E-state index is -0.596. The van der Waals surface area contributed by atoms with E-state index in [0.717, 1.165) is 41.7 Å². The Morgan fingerprint density at radius 1 is 1.14 bits per heavy atom. The molecule has 5 rings (SSSR count). The van der Waals surface area contributed by atoms with Gasteiger partial charge in [0.25, 0.3) is 0 Å². The number of nitro groups is 1. The van der Waals surface area contributed by atoms with Gasteiger partial charge in [-0.1, -0.05) is 47.5 Å². The Labute approximate surface area is 218 Å². The number of nitrogens with zero attached hydrogens (tertiary/aromatic N) is 5. The summed E-state index contributed by atoms with van der Waals surface area (Å²) < 4.78 is 1.39. The normalized spacial score (nSPS) is 20.4. The van der Waals surface area contributed by atoms with E-state index in [1.165, 1.54) is 15.9 Å². The second kappa shape index (κ2) is 9.87. The molecule has 10 heteroatoms. The molecule has 36 heavy (non-hydrogen) atoms. The molecule has 0 spiro atoms. The number of aryl methyl sites for hydroxylation is 1. The molecule has 184 valence electrons. The maximum atomic E-state index is 13.8. The van der Waals surface area contributed by atoms with Gasteiger partial charge < -0.3 is 0 Å². The SMILES string of the molecule is CCn1cc([N+](=O)[O-])c(C(=O)N2N=C3/C(=C\c4ccc(Cl)cc4)CCC[C@@H]3[C@@H]2c2ccc(Cl)cc2)n1. The van der Waals surface area contributed by atoms with Crippen molar-refractivity contribution in [3.8, 4) is 0 Å². The topological polar surface area (TPSA) is 93.6 Å². The molecule has 0 unspecified atom stereocenters. The lowest BCUT2D eigenvalue weighted by molar-refractivity contribution is -0.385. The number of hydrogen-bond acceptors (Lipinski definition) is 5. The number of aromatic nitrogens is 2. The molecule has 3 aromatic rings. The Bertz CT molecular complexity index is 1380. The molecule has 2 heterocycles. The van der Waals surface area contributed by atoms with Crippen molar-refractivity contribution in [2.45, 2.75) is 38.8 Å². The number of amides is 1. The number of rotatable bonds is 5. The third-order valence-corrected chi connectivity index (χ3v) is 7.10. The summed E-state index contributed by atoms with van der Waals surface area (Å²) in [5, 5.41) is 23.3. The molecule has 1 saturated carbocycles. The first-order valence-corrected chi connectivity index (χ1v) is 12.5. The second-order valence-corrected chi connectivity index (χ2v) is 9.70. The van der Waals surface area contributed by atoms with Crippen LogP contribution in [0, 0.1) is 16.0 Å². The van der Waals surface area contributed by atoms with Gasteiger partial charge in [-0.2, -0.15) is 10.2 Å². The van der Waals surface area contributed by atoms with Gasteiger partial charge in [0.15, 0.2) is 0 Å². The minimum Gasteiger partial charge on any atom is -0.265 e. The number of fused-ring (bicyclic) bond motifs is 1. The summed E-state index contributed by atoms with van der Waals surface area (Å²) in [5.74, 6) is -0.656. The van der Waals surface area contributed by atoms with Crippen LogP contribution in [0.3, 0.4) is 0 Å². The van der Waals surface area contributed by atoms with Crippen LogP contribution >= 0.6 is 23.2 Å². The fourth-order valence-electron chi connectivity index (χ4n) is 4.89. The van der Waals surface area contributed by atoms with E-state index in [1.807, 2.05) is 36.4 Å². The molecule has 0 N–H and O–H groups in total. The van der Waals surface area contributed by atoms with Crippen molar-refractivity contribution in [2.75, 3.05) is 0 Å². The maximum absolute atomic E-state index is 13.8. The van der Waals surface area contributed by atoms with Gasteiger partial charge in [-0.25, -0.2) is 5.01 Å². The molecule has 2 aliphatic rings. The van der Waals surface area contributed by atoms with E-state index in [-0.39, 0.29) is 17.3 Å². The first-order valence-electron chi connectivity index (χ1n) is 11.7. The van der Waals surface area contributed by atoms with Gasteiger partial charge in [-0.3, -0.25) is 19.6 Å². The van der Waals surface area contributed by atoms with Crippen LogP contribution in [0.5, 0.6) is 0 Å². The van der Waals surface area contributed by atoms with E-state index in [2.05, 4.69) is 11.2 Å². The highest BCUT2D eigenvalue weighted by atomic mass is 35.5. The molecule has 2 aromatic carbocycles. The van der Waals surface area contributed by atoms with Crippen molar-refractivity contribution < 1.29 is 9.72 Å². The van der Waals surface area contributed by atoms with E-state index in [4.69, 9.17) is 28.3 Å². The van der Waals surface area contributed by atoms with Crippen LogP contribution < -0.4 is 0 Å². The van der Waals surface area contributed by atoms with Crippen molar-refractivity contribution >= 4 is 46.6 Å². The molecular weight excluding hydrogens is 501 g/mol. The van der Waals surface area contributed by atoms with Crippen LogP contribution in [0.1, 0.15) is 53.8 Å². The lowest BCUT2D eigenvalue weighted by atomic mass is 9.77. The second-order valence-electron chi connectivity index (χ2n) is 8.83. The van der Waals surface area contributed by atoms with Gasteiger partial charge >= 0.3 is 11.6 Å². The number of hydrazone groups is 1. The first-order chi connectivity index (χ1) is 17.4. The van der Waals surface area contributed by atoms with Crippen molar-refractivity contribution in [1.29, 1.82) is 0 Å². The Balaban J connectivity index is 1.60. The van der Waals surface area contributed by atoms with E-state index in [1.54, 1.807) is 19.1 Å². The molecule has 1 aliphatic heterocycles. The molecule has 1 aliphatic carbocycles. The van der Waals surface area contributed by atoms with E-state index in [9.17, 15) is 14.9 Å². The molecule has 0 radical (unpaired) electrons. The molecular formula is C26H23Cl2N5O3. The summed E-state index contributed by atoms with van der Waals surface area (Å²) in [7, 11) is 0. The lowest BCUT2D eigenvalue weighted by Crippen LogP contribution is -2.32. The number of hydrogen-bond donors (Lipinski definition) is 0. The average molecular weight is 524 g/mol. The van der Waals surface area contributed by atoms with Crippen LogP contribution in [0.4, 0.5) is 5.69 Å². The summed E-state index contributed by atoms with van der Waals surface area (Å²) in [6.07, 6.45) is 5.94. The number of halogens is 2. The third-order valence-electron chi connectivity index (χ3n) is 6.60. The van der Waals surface area contributed by atoms with Crippen LogP contribution in [0.25, 0.3) is 6.08 Å². The number of allylic oxidation sites excluding steroid dienone is 1. The van der Waals surface area contributed by atoms with Gasteiger partial charge in [-0.15, -0.1) is 0 Å². The monoisotopic (exact) mass is 523 g/mol. The zero-order valence-electron chi connectivity index (χ0n) is 19.5. The van der Waals surface area contributed by atoms with Crippen LogP contribution in [0.2, 0.25) is 10.0 Å². The Morgan fingerprint density at radius 3 is 2.44 bits per heavy atom. The fraction of sp³-hybridized carbons (Fsp3) is 0.269. The predicted octanol–water partition coefficient (Wildman–Crippen LogP) is 6.55. The van der Waals surface area contributed by atoms with Crippen LogP contribution in [-0.2, 0) is 6.54 Å². The van der Waals surface area contributed by atoms with E-state index >= 15 is 0 Å². The van der Waals surface area contributed by atoms with Crippen molar-refractivity contribution in [1.82, 2.24) is 14.8 Å². The smallest absolute Gasteiger partial charge is 0.265 e. The van der Waals surface area contributed by atoms with Gasteiger partial charge in [0.05, 0.1) is 16.7 Å². The molecule has 8 nitrogen and oxygen atoms in total. The Kier molecular flexibility index (Phi) is 6.64. The third kappa shape index (κ3) is 4.54. The summed E-state index contributed by atoms with van der Waals surface area (Å²) in [6, 6.07) is 14.4. The molecule has 1 fully saturated rings. The summed E-state index contributed by atoms with van der Waals surface area (Å²) in [5.41, 5.74) is 3.17. The highest BCUT2D eigenvalue weighted by Crippen LogP contribution is 2.45. The highest BCUT2D eigenvalue weighted by Gasteiger charge is 2.45. The van der Waals surface area contributed by atoms with Gasteiger partial charge in [0, 0.05) is 22.5 Å². The Hall–Kier alpha value is -3.49. The minimum absolute atomic E-state index is 0.0604. The first kappa shape index (κ1) is 24.2. The predicted molar refractivity (Wildman–Crippen MR) is 139 cm³/mol. The fourth-order valence-corrected chi connectivity index (χ4v) is 5.14. The molecule has 1 aromatic heterocycles. The quantitative estimate of drug-likeness (QED) is 0.279. The maximum Gasteiger partial charge on any atom is 0.320 e. The largest absolute Gasteiger partial charge is 0.320 e. The zero-order valence-corrected chi connectivity index (χ0v) is 21.0. The summed E-state index contributed by atoms with van der Waals surface area (Å²) in [6.45, 7) is 2.21. The molecule has 0 bridgehead atoms. The lowest BCUT2D eigenvalue weighted by Gasteiger charge is -2.29. The number of carbonyl (C=O) groups is 1. The zero-order chi connectivity index (χ0) is 25.4. The van der Waals surface area contributed by atoms with Gasteiger partial charge in [-0.05, 0) is 73.2 Å². The van der Waals surface area contributed by atoms with Crippen molar-refractivity contribution in [2.24, 2.45) is 11.0 Å². The number of benzene rings is 2. The van der Waals surface area contributed by atoms with Crippen molar-refractivity contribution in [3.05, 3.63) is 97.3 Å². The van der Waals surface area contributed by atoms with Crippen LogP contribution in [-0.4, -0.2) is 31.3 Å². The highest BCUT2D eigenvalue weighted by molar-refractivity contribution is 6.30. The number of carbonyl (C=O) groups excluding carboxylic acids is 1. The molecule has 1 amide bonds. The average Bonchev–Trinajstić information content (AvgIpc) is 3.49.